The number of benzene rings is 1. The van der Waals surface area contributed by atoms with E-state index in [1.54, 1.807) is 12.1 Å². The van der Waals surface area contributed by atoms with Crippen molar-refractivity contribution in [3.8, 4) is 5.75 Å². The molecule has 0 saturated heterocycles. The third-order valence-corrected chi connectivity index (χ3v) is 3.02. The molecule has 1 aromatic rings. The lowest BCUT2D eigenvalue weighted by molar-refractivity contribution is 0.0966. The van der Waals surface area contributed by atoms with Crippen LogP contribution in [-0.2, 0) is 0 Å². The normalized spacial score (nSPS) is 12.9. The molecule has 1 aromatic carbocycles. The fourth-order valence-electron chi connectivity index (χ4n) is 1.95. The summed E-state index contributed by atoms with van der Waals surface area (Å²) in [4.78, 5) is 0. The SMILES string of the molecule is CCC(CC)C(O)c1c(F)cccc1OC. The Hall–Kier alpha value is -1.09. The predicted molar refractivity (Wildman–Crippen MR) is 62.0 cm³/mol. The average molecular weight is 226 g/mol. The van der Waals surface area contributed by atoms with Gasteiger partial charge >= 0.3 is 0 Å². The average Bonchev–Trinajstić information content (AvgIpc) is 2.29. The van der Waals surface area contributed by atoms with Crippen molar-refractivity contribution in [2.45, 2.75) is 32.8 Å². The summed E-state index contributed by atoms with van der Waals surface area (Å²) in [5, 5.41) is 10.2. The Morgan fingerprint density at radius 1 is 1.31 bits per heavy atom. The van der Waals surface area contributed by atoms with Crippen LogP contribution in [0.5, 0.6) is 5.75 Å². The Labute approximate surface area is 96.1 Å². The lowest BCUT2D eigenvalue weighted by Gasteiger charge is -2.22. The number of methoxy groups -OCH3 is 1. The zero-order valence-electron chi connectivity index (χ0n) is 10.0. The largest absolute Gasteiger partial charge is 0.496 e. The van der Waals surface area contributed by atoms with Gasteiger partial charge in [-0.05, 0) is 18.1 Å². The van der Waals surface area contributed by atoms with Crippen molar-refractivity contribution in [1.29, 1.82) is 0 Å². The number of aliphatic hydroxyl groups is 1. The zero-order valence-corrected chi connectivity index (χ0v) is 10.0. The van der Waals surface area contributed by atoms with Gasteiger partial charge in [-0.25, -0.2) is 4.39 Å². The summed E-state index contributed by atoms with van der Waals surface area (Å²) in [5.74, 6) is 0.0731. The van der Waals surface area contributed by atoms with Gasteiger partial charge in [0.2, 0.25) is 0 Å². The fraction of sp³-hybridized carbons (Fsp3) is 0.538. The van der Waals surface area contributed by atoms with Crippen LogP contribution in [-0.4, -0.2) is 12.2 Å². The Kier molecular flexibility index (Phi) is 4.74. The molecule has 0 bridgehead atoms. The van der Waals surface area contributed by atoms with Crippen molar-refractivity contribution in [2.75, 3.05) is 7.11 Å². The summed E-state index contributed by atoms with van der Waals surface area (Å²) in [6, 6.07) is 4.60. The second-order valence-electron chi connectivity index (χ2n) is 3.88. The van der Waals surface area contributed by atoms with Gasteiger partial charge in [0.15, 0.2) is 0 Å². The van der Waals surface area contributed by atoms with Crippen LogP contribution in [0.4, 0.5) is 4.39 Å². The summed E-state index contributed by atoms with van der Waals surface area (Å²) in [6.45, 7) is 3.98. The minimum Gasteiger partial charge on any atom is -0.496 e. The molecule has 2 nitrogen and oxygen atoms in total. The van der Waals surface area contributed by atoms with Crippen molar-refractivity contribution in [1.82, 2.24) is 0 Å². The van der Waals surface area contributed by atoms with E-state index < -0.39 is 11.9 Å². The monoisotopic (exact) mass is 226 g/mol. The number of hydrogen-bond acceptors (Lipinski definition) is 2. The molecule has 0 aliphatic heterocycles. The highest BCUT2D eigenvalue weighted by Crippen LogP contribution is 2.34. The second kappa shape index (κ2) is 5.85. The first-order valence-corrected chi connectivity index (χ1v) is 5.66. The quantitative estimate of drug-likeness (QED) is 0.834. The van der Waals surface area contributed by atoms with Crippen LogP contribution in [0.25, 0.3) is 0 Å². The number of hydrogen-bond donors (Lipinski definition) is 1. The molecule has 0 radical (unpaired) electrons. The van der Waals surface area contributed by atoms with Crippen LogP contribution in [0.15, 0.2) is 18.2 Å². The first-order chi connectivity index (χ1) is 7.65. The van der Waals surface area contributed by atoms with Crippen LogP contribution in [0.3, 0.4) is 0 Å². The van der Waals surface area contributed by atoms with Crippen molar-refractivity contribution in [3.05, 3.63) is 29.6 Å². The van der Waals surface area contributed by atoms with E-state index in [-0.39, 0.29) is 11.5 Å². The van der Waals surface area contributed by atoms with Crippen LogP contribution >= 0.6 is 0 Å². The minimum atomic E-state index is -0.800. The summed E-state index contributed by atoms with van der Waals surface area (Å²) in [7, 11) is 1.48. The van der Waals surface area contributed by atoms with E-state index in [1.165, 1.54) is 13.2 Å². The van der Waals surface area contributed by atoms with Gasteiger partial charge in [0.05, 0.1) is 18.8 Å². The maximum absolute atomic E-state index is 13.7. The fourth-order valence-corrected chi connectivity index (χ4v) is 1.95. The molecule has 1 N–H and O–H groups in total. The molecule has 16 heavy (non-hydrogen) atoms. The molecule has 3 heteroatoms. The third kappa shape index (κ3) is 2.53. The van der Waals surface area contributed by atoms with E-state index in [0.717, 1.165) is 12.8 Å². The van der Waals surface area contributed by atoms with Gasteiger partial charge in [0, 0.05) is 0 Å². The Balaban J connectivity index is 3.10. The molecule has 0 fully saturated rings. The summed E-state index contributed by atoms with van der Waals surface area (Å²) in [6.07, 6.45) is 0.829. The molecule has 90 valence electrons. The van der Waals surface area contributed by atoms with Gasteiger partial charge in [-0.2, -0.15) is 0 Å². The zero-order chi connectivity index (χ0) is 12.1. The van der Waals surface area contributed by atoms with E-state index in [0.29, 0.717) is 5.75 Å². The highest BCUT2D eigenvalue weighted by Gasteiger charge is 2.24. The lowest BCUT2D eigenvalue weighted by atomic mass is 9.90. The molecule has 0 spiro atoms. The molecule has 0 aliphatic carbocycles. The number of ether oxygens (including phenoxy) is 1. The molecule has 0 aromatic heterocycles. The Morgan fingerprint density at radius 3 is 2.44 bits per heavy atom. The van der Waals surface area contributed by atoms with E-state index >= 15 is 0 Å². The van der Waals surface area contributed by atoms with Crippen molar-refractivity contribution in [3.63, 3.8) is 0 Å². The topological polar surface area (TPSA) is 29.5 Å². The highest BCUT2D eigenvalue weighted by molar-refractivity contribution is 5.36. The number of rotatable bonds is 5. The first-order valence-electron chi connectivity index (χ1n) is 5.66. The summed E-state index contributed by atoms with van der Waals surface area (Å²) >= 11 is 0. The van der Waals surface area contributed by atoms with Crippen molar-refractivity contribution < 1.29 is 14.2 Å². The molecular weight excluding hydrogens is 207 g/mol. The molecule has 0 heterocycles. The standard InChI is InChI=1S/C13H19FO2/c1-4-9(5-2)13(15)12-10(14)7-6-8-11(12)16-3/h6-9,13,15H,4-5H2,1-3H3. The molecular formula is C13H19FO2. The predicted octanol–water partition coefficient (Wildman–Crippen LogP) is 3.30. The van der Waals surface area contributed by atoms with E-state index in [2.05, 4.69) is 0 Å². The summed E-state index contributed by atoms with van der Waals surface area (Å²) in [5.41, 5.74) is 0.277. The van der Waals surface area contributed by atoms with Crippen molar-refractivity contribution >= 4 is 0 Å². The van der Waals surface area contributed by atoms with Crippen LogP contribution in [0.2, 0.25) is 0 Å². The van der Waals surface area contributed by atoms with Crippen molar-refractivity contribution in [2.24, 2.45) is 5.92 Å². The molecule has 1 atom stereocenters. The second-order valence-corrected chi connectivity index (χ2v) is 3.88. The van der Waals surface area contributed by atoms with Crippen LogP contribution in [0, 0.1) is 11.7 Å². The van der Waals surface area contributed by atoms with Gasteiger partial charge in [0.1, 0.15) is 11.6 Å². The molecule has 0 aliphatic rings. The van der Waals surface area contributed by atoms with Gasteiger partial charge in [-0.15, -0.1) is 0 Å². The summed E-state index contributed by atoms with van der Waals surface area (Å²) < 4.78 is 18.8. The van der Waals surface area contributed by atoms with E-state index in [1.807, 2.05) is 13.8 Å². The maximum atomic E-state index is 13.7. The van der Waals surface area contributed by atoms with E-state index in [9.17, 15) is 9.50 Å². The molecule has 1 unspecified atom stereocenters. The Bertz CT molecular complexity index is 335. The van der Waals surface area contributed by atoms with Crippen LogP contribution < -0.4 is 4.74 Å². The molecule has 1 rings (SSSR count). The maximum Gasteiger partial charge on any atom is 0.132 e. The van der Waals surface area contributed by atoms with Gasteiger partial charge < -0.3 is 9.84 Å². The van der Waals surface area contributed by atoms with E-state index in [4.69, 9.17) is 4.74 Å². The van der Waals surface area contributed by atoms with Gasteiger partial charge in [0.25, 0.3) is 0 Å². The van der Waals surface area contributed by atoms with Gasteiger partial charge in [-0.3, -0.25) is 0 Å². The van der Waals surface area contributed by atoms with Crippen LogP contribution in [0.1, 0.15) is 38.4 Å². The first kappa shape index (κ1) is 13.0. The minimum absolute atomic E-state index is 0.0609. The Morgan fingerprint density at radius 2 is 1.94 bits per heavy atom. The third-order valence-electron chi connectivity index (χ3n) is 3.02. The number of halogens is 1. The smallest absolute Gasteiger partial charge is 0.132 e. The lowest BCUT2D eigenvalue weighted by Crippen LogP contribution is -2.13. The van der Waals surface area contributed by atoms with Gasteiger partial charge in [-0.1, -0.05) is 32.8 Å². The molecule has 0 amide bonds. The molecule has 0 saturated carbocycles. The highest BCUT2D eigenvalue weighted by atomic mass is 19.1. The number of aliphatic hydroxyl groups excluding tert-OH is 1.